The fourth-order valence-corrected chi connectivity index (χ4v) is 4.76. The van der Waals surface area contributed by atoms with Crippen molar-refractivity contribution in [3.63, 3.8) is 0 Å². The molecular formula is C7H9BrN2O8P2. The second-order valence-electron chi connectivity index (χ2n) is 3.78. The van der Waals surface area contributed by atoms with Crippen molar-refractivity contribution in [2.24, 2.45) is 0 Å². The highest BCUT2D eigenvalue weighted by Crippen LogP contribution is 2.58. The molecule has 0 radical (unpaired) electrons. The van der Waals surface area contributed by atoms with E-state index < -0.39 is 37.6 Å². The maximum Gasteiger partial charge on any atom is 0.333 e. The molecule has 1 rings (SSSR count). The van der Waals surface area contributed by atoms with E-state index in [9.17, 15) is 29.0 Å². The Morgan fingerprint density at radius 2 is 1.90 bits per heavy atom. The number of rotatable bonds is 5. The van der Waals surface area contributed by atoms with E-state index in [1.165, 1.54) is 0 Å². The third-order valence-corrected chi connectivity index (χ3v) is 5.30. The van der Waals surface area contributed by atoms with Crippen molar-refractivity contribution in [1.82, 2.24) is 4.98 Å². The predicted octanol–water partition coefficient (Wildman–Crippen LogP) is 1.15. The molecular weight excluding hydrogens is 382 g/mol. The Labute approximate surface area is 120 Å². The SMILES string of the molecule is O=[N+]([O-])c1cnc(Br)c(C(CP(=O)(O)O)P(=O)(O)O)c1. The summed E-state index contributed by atoms with van der Waals surface area (Å²) in [7, 11) is -9.71. The van der Waals surface area contributed by atoms with Crippen LogP contribution in [0.5, 0.6) is 0 Å². The fraction of sp³-hybridized carbons (Fsp3) is 0.286. The number of hydrogen-bond acceptors (Lipinski definition) is 5. The Kier molecular flexibility index (Phi) is 5.20. The van der Waals surface area contributed by atoms with Gasteiger partial charge in [0.05, 0.1) is 11.1 Å². The van der Waals surface area contributed by atoms with Gasteiger partial charge in [0, 0.05) is 11.6 Å². The average Bonchev–Trinajstić information content (AvgIpc) is 2.24. The largest absolute Gasteiger partial charge is 0.333 e. The van der Waals surface area contributed by atoms with Crippen LogP contribution in [0.15, 0.2) is 16.9 Å². The minimum Gasteiger partial charge on any atom is -0.324 e. The van der Waals surface area contributed by atoms with E-state index >= 15 is 0 Å². The maximum absolute atomic E-state index is 11.4. The third-order valence-electron chi connectivity index (χ3n) is 2.24. The number of pyridine rings is 1. The summed E-state index contributed by atoms with van der Waals surface area (Å²) in [4.78, 5) is 49.5. The van der Waals surface area contributed by atoms with Gasteiger partial charge in [-0.1, -0.05) is 0 Å². The molecule has 1 aromatic rings. The van der Waals surface area contributed by atoms with Gasteiger partial charge >= 0.3 is 15.2 Å². The van der Waals surface area contributed by atoms with Crippen LogP contribution in [0.3, 0.4) is 0 Å². The number of halogens is 1. The Morgan fingerprint density at radius 1 is 1.35 bits per heavy atom. The zero-order chi connectivity index (χ0) is 15.7. The Hall–Kier alpha value is -0.670. The minimum atomic E-state index is -4.96. The molecule has 0 saturated heterocycles. The molecule has 0 saturated carbocycles. The highest BCUT2D eigenvalue weighted by Gasteiger charge is 2.38. The highest BCUT2D eigenvalue weighted by atomic mass is 79.9. The number of nitro groups is 1. The molecule has 0 spiro atoms. The molecule has 0 aliphatic rings. The summed E-state index contributed by atoms with van der Waals surface area (Å²) in [5, 5.41) is 10.6. The summed E-state index contributed by atoms with van der Waals surface area (Å²) in [5.41, 5.74) is -2.78. The summed E-state index contributed by atoms with van der Waals surface area (Å²) in [6, 6.07) is 0.816. The zero-order valence-corrected chi connectivity index (χ0v) is 12.9. The van der Waals surface area contributed by atoms with Crippen molar-refractivity contribution in [2.45, 2.75) is 5.66 Å². The summed E-state index contributed by atoms with van der Waals surface area (Å²) in [6.45, 7) is 0. The molecule has 1 unspecified atom stereocenters. The molecule has 10 nitrogen and oxygen atoms in total. The first-order chi connectivity index (χ1) is 8.92. The lowest BCUT2D eigenvalue weighted by molar-refractivity contribution is -0.385. The number of aromatic nitrogens is 1. The van der Waals surface area contributed by atoms with E-state index in [1.807, 2.05) is 0 Å². The van der Waals surface area contributed by atoms with Gasteiger partial charge in [-0.15, -0.1) is 0 Å². The first-order valence-corrected chi connectivity index (χ1v) is 9.08. The fourth-order valence-electron chi connectivity index (χ4n) is 1.40. The van der Waals surface area contributed by atoms with Crippen LogP contribution in [-0.2, 0) is 9.13 Å². The Morgan fingerprint density at radius 3 is 2.30 bits per heavy atom. The third kappa shape index (κ3) is 4.71. The zero-order valence-electron chi connectivity index (χ0n) is 9.53. The van der Waals surface area contributed by atoms with Crippen molar-refractivity contribution < 1.29 is 33.6 Å². The van der Waals surface area contributed by atoms with Gasteiger partial charge in [-0.2, -0.15) is 0 Å². The molecule has 0 aliphatic heterocycles. The lowest BCUT2D eigenvalue weighted by Crippen LogP contribution is -2.08. The summed E-state index contributed by atoms with van der Waals surface area (Å²) < 4.78 is 22.2. The topological polar surface area (TPSA) is 171 Å². The van der Waals surface area contributed by atoms with E-state index in [0.717, 1.165) is 12.3 Å². The summed E-state index contributed by atoms with van der Waals surface area (Å²) >= 11 is 2.85. The van der Waals surface area contributed by atoms with Crippen LogP contribution in [0.2, 0.25) is 0 Å². The Bertz CT molecular complexity index is 625. The van der Waals surface area contributed by atoms with Gasteiger partial charge in [-0.3, -0.25) is 19.2 Å². The monoisotopic (exact) mass is 390 g/mol. The lowest BCUT2D eigenvalue weighted by Gasteiger charge is -2.19. The molecule has 13 heteroatoms. The molecule has 0 amide bonds. The van der Waals surface area contributed by atoms with Crippen molar-refractivity contribution >= 4 is 36.8 Å². The molecule has 0 bridgehead atoms. The summed E-state index contributed by atoms with van der Waals surface area (Å²) in [5.74, 6) is 0. The van der Waals surface area contributed by atoms with Crippen molar-refractivity contribution in [1.29, 1.82) is 0 Å². The van der Waals surface area contributed by atoms with Gasteiger partial charge in [-0.05, 0) is 15.9 Å². The molecule has 20 heavy (non-hydrogen) atoms. The van der Waals surface area contributed by atoms with Gasteiger partial charge in [0.2, 0.25) is 0 Å². The molecule has 0 fully saturated rings. The first kappa shape index (κ1) is 17.4. The van der Waals surface area contributed by atoms with Gasteiger partial charge in [0.1, 0.15) is 16.5 Å². The molecule has 0 aromatic carbocycles. The predicted molar refractivity (Wildman–Crippen MR) is 70.3 cm³/mol. The van der Waals surface area contributed by atoms with Crippen LogP contribution in [0, 0.1) is 10.1 Å². The summed E-state index contributed by atoms with van der Waals surface area (Å²) in [6.07, 6.45) is -0.305. The molecule has 112 valence electrons. The smallest absolute Gasteiger partial charge is 0.324 e. The van der Waals surface area contributed by atoms with E-state index in [4.69, 9.17) is 9.79 Å². The number of hydrogen-bond donors (Lipinski definition) is 4. The van der Waals surface area contributed by atoms with Crippen LogP contribution in [0.25, 0.3) is 0 Å². The second-order valence-corrected chi connectivity index (χ2v) is 8.03. The molecule has 0 aliphatic carbocycles. The van der Waals surface area contributed by atoms with Gasteiger partial charge < -0.3 is 19.6 Å². The van der Waals surface area contributed by atoms with Crippen molar-refractivity contribution in [3.05, 3.63) is 32.5 Å². The Balaban J connectivity index is 3.41. The van der Waals surface area contributed by atoms with E-state index in [0.29, 0.717) is 0 Å². The average molecular weight is 391 g/mol. The van der Waals surface area contributed by atoms with Crippen LogP contribution in [0.1, 0.15) is 11.2 Å². The molecule has 1 aromatic heterocycles. The van der Waals surface area contributed by atoms with Crippen LogP contribution >= 0.6 is 31.1 Å². The maximum atomic E-state index is 11.4. The van der Waals surface area contributed by atoms with Crippen LogP contribution < -0.4 is 0 Å². The van der Waals surface area contributed by atoms with Gasteiger partial charge in [0.15, 0.2) is 0 Å². The van der Waals surface area contributed by atoms with E-state index in [-0.39, 0.29) is 10.2 Å². The van der Waals surface area contributed by atoms with Crippen LogP contribution in [0.4, 0.5) is 5.69 Å². The minimum absolute atomic E-state index is 0.134. The normalized spacial score (nSPS) is 14.1. The van der Waals surface area contributed by atoms with Crippen molar-refractivity contribution in [2.75, 3.05) is 6.16 Å². The molecule has 1 atom stereocenters. The number of nitrogens with zero attached hydrogens (tertiary/aromatic N) is 2. The van der Waals surface area contributed by atoms with E-state index in [2.05, 4.69) is 20.9 Å². The van der Waals surface area contributed by atoms with Gasteiger partial charge in [0.25, 0.3) is 5.69 Å². The van der Waals surface area contributed by atoms with E-state index in [1.54, 1.807) is 0 Å². The standard InChI is InChI=1S/C7H9BrN2O8P2/c8-7-5(1-4(2-9-7)10(11)12)6(20(16,17)18)3-19(13,14)15/h1-2,6H,3H2,(H2,13,14,15)(H2,16,17,18). The molecule has 1 heterocycles. The quantitative estimate of drug-likeness (QED) is 0.249. The van der Waals surface area contributed by atoms with Crippen LogP contribution in [-0.4, -0.2) is 35.6 Å². The molecule has 4 N–H and O–H groups in total. The van der Waals surface area contributed by atoms with Gasteiger partial charge in [-0.25, -0.2) is 4.98 Å². The first-order valence-electron chi connectivity index (χ1n) is 4.81. The second kappa shape index (κ2) is 5.98. The van der Waals surface area contributed by atoms with Crippen molar-refractivity contribution in [3.8, 4) is 0 Å². The lowest BCUT2D eigenvalue weighted by atomic mass is 10.2. The highest BCUT2D eigenvalue weighted by molar-refractivity contribution is 9.10.